The van der Waals surface area contributed by atoms with E-state index in [1.807, 2.05) is 6.07 Å². The van der Waals surface area contributed by atoms with E-state index in [1.54, 1.807) is 24.3 Å². The molecule has 7 heteroatoms. The molecule has 0 radical (unpaired) electrons. The number of carbonyl (C=O) groups is 1. The molecule has 0 aliphatic heterocycles. The number of halogens is 2. The summed E-state index contributed by atoms with van der Waals surface area (Å²) < 4.78 is 0. The van der Waals surface area contributed by atoms with Crippen LogP contribution in [0.1, 0.15) is 10.5 Å². The zero-order chi connectivity index (χ0) is 15.7. The maximum absolute atomic E-state index is 12.2. The van der Waals surface area contributed by atoms with Crippen molar-refractivity contribution in [2.75, 3.05) is 5.32 Å². The van der Waals surface area contributed by atoms with Gasteiger partial charge in [0.25, 0.3) is 5.91 Å². The number of aromatic hydroxyl groups is 1. The van der Waals surface area contributed by atoms with Crippen LogP contribution in [0.2, 0.25) is 10.0 Å². The molecule has 0 fully saturated rings. The maximum atomic E-state index is 12.2. The van der Waals surface area contributed by atoms with Gasteiger partial charge in [0.1, 0.15) is 5.52 Å². The van der Waals surface area contributed by atoms with E-state index >= 15 is 0 Å². The Balaban J connectivity index is 2.03. The molecule has 0 atom stereocenters. The molecule has 1 amide bonds. The number of aromatic nitrogens is 2. The standard InChI is InChI=1S/C15H9Cl2N3O2/c16-10-7-6-9-12(11(10)17)19-20-13(14(9)21)15(22)18-8-4-2-1-3-5-8/h1-7H,(H,18,22)(H,19,21). The number of amides is 1. The fourth-order valence-corrected chi connectivity index (χ4v) is 2.32. The highest BCUT2D eigenvalue weighted by atomic mass is 35.5. The number of nitrogens with one attached hydrogen (secondary N) is 1. The molecule has 1 aromatic heterocycles. The van der Waals surface area contributed by atoms with Crippen LogP contribution >= 0.6 is 23.2 Å². The van der Waals surface area contributed by atoms with Crippen LogP contribution in [0.3, 0.4) is 0 Å². The van der Waals surface area contributed by atoms with Gasteiger partial charge in [-0.2, -0.15) is 0 Å². The Hall–Kier alpha value is -2.37. The first kappa shape index (κ1) is 14.6. The maximum Gasteiger partial charge on any atom is 0.280 e. The molecular weight excluding hydrogens is 325 g/mol. The van der Waals surface area contributed by atoms with Crippen LogP contribution in [-0.4, -0.2) is 21.2 Å². The zero-order valence-electron chi connectivity index (χ0n) is 11.0. The molecule has 2 aromatic carbocycles. The quantitative estimate of drug-likeness (QED) is 0.745. The highest BCUT2D eigenvalue weighted by Gasteiger charge is 2.19. The van der Waals surface area contributed by atoms with Crippen LogP contribution in [0.25, 0.3) is 10.9 Å². The summed E-state index contributed by atoms with van der Waals surface area (Å²) >= 11 is 11.9. The van der Waals surface area contributed by atoms with Crippen molar-refractivity contribution in [3.05, 3.63) is 58.2 Å². The van der Waals surface area contributed by atoms with Gasteiger partial charge in [-0.1, -0.05) is 41.4 Å². The van der Waals surface area contributed by atoms with Gasteiger partial charge in [0.05, 0.1) is 10.0 Å². The van der Waals surface area contributed by atoms with E-state index in [0.717, 1.165) is 0 Å². The van der Waals surface area contributed by atoms with Crippen LogP contribution in [0.15, 0.2) is 42.5 Å². The predicted molar refractivity (Wildman–Crippen MR) is 85.6 cm³/mol. The summed E-state index contributed by atoms with van der Waals surface area (Å²) in [7, 11) is 0. The molecular formula is C15H9Cl2N3O2. The number of hydrogen-bond acceptors (Lipinski definition) is 4. The average Bonchev–Trinajstić information content (AvgIpc) is 2.52. The summed E-state index contributed by atoms with van der Waals surface area (Å²) in [4.78, 5) is 12.2. The molecule has 1 heterocycles. The summed E-state index contributed by atoms with van der Waals surface area (Å²) in [6.07, 6.45) is 0. The van der Waals surface area contributed by atoms with Crippen LogP contribution < -0.4 is 5.32 Å². The van der Waals surface area contributed by atoms with E-state index in [-0.39, 0.29) is 22.0 Å². The second-order valence-electron chi connectivity index (χ2n) is 4.47. The van der Waals surface area contributed by atoms with E-state index in [9.17, 15) is 9.90 Å². The summed E-state index contributed by atoms with van der Waals surface area (Å²) in [5, 5.41) is 21.3. The number of fused-ring (bicyclic) bond motifs is 1. The molecule has 110 valence electrons. The first-order valence-corrected chi connectivity index (χ1v) is 7.03. The van der Waals surface area contributed by atoms with Gasteiger partial charge in [0, 0.05) is 11.1 Å². The van der Waals surface area contributed by atoms with Gasteiger partial charge in [-0.05, 0) is 24.3 Å². The molecule has 0 saturated carbocycles. The smallest absolute Gasteiger partial charge is 0.280 e. The fourth-order valence-electron chi connectivity index (χ4n) is 1.97. The Labute approximate surface area is 135 Å². The monoisotopic (exact) mass is 333 g/mol. The summed E-state index contributed by atoms with van der Waals surface area (Å²) in [6, 6.07) is 11.9. The van der Waals surface area contributed by atoms with Crippen molar-refractivity contribution in [2.24, 2.45) is 0 Å². The number of hydrogen-bond donors (Lipinski definition) is 2. The predicted octanol–water partition coefficient (Wildman–Crippen LogP) is 3.89. The fraction of sp³-hybridized carbons (Fsp3) is 0. The summed E-state index contributed by atoms with van der Waals surface area (Å²) in [5.41, 5.74) is 0.639. The first-order valence-electron chi connectivity index (χ1n) is 6.27. The second kappa shape index (κ2) is 5.79. The third-order valence-corrected chi connectivity index (χ3v) is 3.84. The minimum absolute atomic E-state index is 0.178. The van der Waals surface area contributed by atoms with E-state index < -0.39 is 5.91 Å². The Morgan fingerprint density at radius 3 is 2.50 bits per heavy atom. The van der Waals surface area contributed by atoms with Gasteiger partial charge in [-0.15, -0.1) is 10.2 Å². The van der Waals surface area contributed by atoms with Crippen molar-refractivity contribution in [3.8, 4) is 5.75 Å². The molecule has 0 bridgehead atoms. The highest BCUT2D eigenvalue weighted by molar-refractivity contribution is 6.45. The second-order valence-corrected chi connectivity index (χ2v) is 5.26. The van der Waals surface area contributed by atoms with Crippen LogP contribution in [-0.2, 0) is 0 Å². The largest absolute Gasteiger partial charge is 0.505 e. The minimum Gasteiger partial charge on any atom is -0.505 e. The number of carbonyl (C=O) groups excluding carboxylic acids is 1. The van der Waals surface area contributed by atoms with Crippen LogP contribution in [0.5, 0.6) is 5.75 Å². The number of para-hydroxylation sites is 1. The number of rotatable bonds is 2. The Kier molecular flexibility index (Phi) is 3.83. The van der Waals surface area contributed by atoms with Gasteiger partial charge in [-0.25, -0.2) is 0 Å². The summed E-state index contributed by atoms with van der Waals surface area (Å²) in [6.45, 7) is 0. The number of nitrogens with zero attached hydrogens (tertiary/aromatic N) is 2. The van der Waals surface area contributed by atoms with Crippen LogP contribution in [0.4, 0.5) is 5.69 Å². The van der Waals surface area contributed by atoms with Gasteiger partial charge in [-0.3, -0.25) is 4.79 Å². The molecule has 2 N–H and O–H groups in total. The van der Waals surface area contributed by atoms with Crippen molar-refractivity contribution in [2.45, 2.75) is 0 Å². The van der Waals surface area contributed by atoms with E-state index in [1.165, 1.54) is 12.1 Å². The van der Waals surface area contributed by atoms with E-state index in [2.05, 4.69) is 15.5 Å². The Bertz CT molecular complexity index is 870. The van der Waals surface area contributed by atoms with Crippen molar-refractivity contribution in [1.82, 2.24) is 10.2 Å². The lowest BCUT2D eigenvalue weighted by Gasteiger charge is -2.08. The van der Waals surface area contributed by atoms with E-state index in [4.69, 9.17) is 23.2 Å². The lowest BCUT2D eigenvalue weighted by molar-refractivity contribution is 0.101. The minimum atomic E-state index is -0.566. The molecule has 3 aromatic rings. The van der Waals surface area contributed by atoms with Crippen molar-refractivity contribution >= 4 is 45.7 Å². The van der Waals surface area contributed by atoms with Gasteiger partial charge in [0.2, 0.25) is 0 Å². The molecule has 0 unspecified atom stereocenters. The Morgan fingerprint density at radius 2 is 1.77 bits per heavy atom. The molecule has 0 aliphatic carbocycles. The SMILES string of the molecule is O=C(Nc1ccccc1)c1nnc2c(Cl)c(Cl)ccc2c1O. The molecule has 0 saturated heterocycles. The van der Waals surface area contributed by atoms with Gasteiger partial charge in [0.15, 0.2) is 11.4 Å². The number of anilines is 1. The number of benzene rings is 2. The average molecular weight is 334 g/mol. The Morgan fingerprint density at radius 1 is 1.05 bits per heavy atom. The molecule has 5 nitrogen and oxygen atoms in total. The van der Waals surface area contributed by atoms with Crippen molar-refractivity contribution < 1.29 is 9.90 Å². The molecule has 3 rings (SSSR count). The van der Waals surface area contributed by atoms with Crippen molar-refractivity contribution in [1.29, 1.82) is 0 Å². The first-order chi connectivity index (χ1) is 10.6. The van der Waals surface area contributed by atoms with Gasteiger partial charge < -0.3 is 10.4 Å². The summed E-state index contributed by atoms with van der Waals surface area (Å²) in [5.74, 6) is -0.860. The molecule has 0 aliphatic rings. The highest BCUT2D eigenvalue weighted by Crippen LogP contribution is 2.34. The zero-order valence-corrected chi connectivity index (χ0v) is 12.6. The topological polar surface area (TPSA) is 75.1 Å². The van der Waals surface area contributed by atoms with Crippen molar-refractivity contribution in [3.63, 3.8) is 0 Å². The van der Waals surface area contributed by atoms with Gasteiger partial charge >= 0.3 is 0 Å². The lowest BCUT2D eigenvalue weighted by Crippen LogP contribution is -2.14. The third kappa shape index (κ3) is 2.56. The van der Waals surface area contributed by atoms with Crippen LogP contribution in [0, 0.1) is 0 Å². The molecule has 0 spiro atoms. The third-order valence-electron chi connectivity index (χ3n) is 3.05. The molecule has 22 heavy (non-hydrogen) atoms. The lowest BCUT2D eigenvalue weighted by atomic mass is 10.2. The van der Waals surface area contributed by atoms with E-state index in [0.29, 0.717) is 16.1 Å². The normalized spacial score (nSPS) is 10.6.